The second-order valence-electron chi connectivity index (χ2n) is 6.57. The molecule has 0 aliphatic carbocycles. The fraction of sp³-hybridized carbons (Fsp3) is 0.579. The standard InChI is InChI=1S/C19H30S/c1-6-7-13-19(14-16(2)3,15-17(4)5)20-18-11-9-8-10-12-18/h6-12,16-17H,13-15H2,1-5H3/b7-6+. The monoisotopic (exact) mass is 290 g/mol. The highest BCUT2D eigenvalue weighted by Crippen LogP contribution is 2.45. The molecular weight excluding hydrogens is 260 g/mol. The van der Waals surface area contributed by atoms with Gasteiger partial charge in [0, 0.05) is 9.64 Å². The molecule has 0 saturated carbocycles. The van der Waals surface area contributed by atoms with Gasteiger partial charge in [-0.05, 0) is 50.2 Å². The van der Waals surface area contributed by atoms with Crippen molar-refractivity contribution in [3.8, 4) is 0 Å². The van der Waals surface area contributed by atoms with Crippen molar-refractivity contribution in [3.05, 3.63) is 42.5 Å². The molecule has 0 unspecified atom stereocenters. The average molecular weight is 291 g/mol. The summed E-state index contributed by atoms with van der Waals surface area (Å²) in [6, 6.07) is 10.9. The van der Waals surface area contributed by atoms with Gasteiger partial charge in [-0.15, -0.1) is 11.8 Å². The van der Waals surface area contributed by atoms with Crippen LogP contribution in [-0.4, -0.2) is 4.75 Å². The first-order valence-electron chi connectivity index (χ1n) is 7.82. The van der Waals surface area contributed by atoms with Crippen LogP contribution in [0.25, 0.3) is 0 Å². The van der Waals surface area contributed by atoms with Gasteiger partial charge in [0.2, 0.25) is 0 Å². The molecule has 0 aliphatic rings. The fourth-order valence-corrected chi connectivity index (χ4v) is 4.74. The van der Waals surface area contributed by atoms with Crippen LogP contribution in [0.4, 0.5) is 0 Å². The normalized spacial score (nSPS) is 12.8. The molecule has 0 saturated heterocycles. The highest BCUT2D eigenvalue weighted by atomic mass is 32.2. The van der Waals surface area contributed by atoms with Gasteiger partial charge in [0.25, 0.3) is 0 Å². The highest BCUT2D eigenvalue weighted by Gasteiger charge is 2.31. The quantitative estimate of drug-likeness (QED) is 0.385. The predicted molar refractivity (Wildman–Crippen MR) is 93.4 cm³/mol. The summed E-state index contributed by atoms with van der Waals surface area (Å²) >= 11 is 2.08. The van der Waals surface area contributed by atoms with Crippen molar-refractivity contribution in [2.24, 2.45) is 11.8 Å². The minimum absolute atomic E-state index is 0.330. The second-order valence-corrected chi connectivity index (χ2v) is 8.11. The van der Waals surface area contributed by atoms with Gasteiger partial charge in [-0.2, -0.15) is 0 Å². The number of rotatable bonds is 8. The second kappa shape index (κ2) is 8.56. The first-order valence-corrected chi connectivity index (χ1v) is 8.64. The summed E-state index contributed by atoms with van der Waals surface area (Å²) in [6.07, 6.45) is 8.26. The molecule has 0 heterocycles. The lowest BCUT2D eigenvalue weighted by atomic mass is 9.86. The van der Waals surface area contributed by atoms with E-state index in [1.807, 2.05) is 0 Å². The average Bonchev–Trinajstić information content (AvgIpc) is 2.36. The van der Waals surface area contributed by atoms with Crippen molar-refractivity contribution in [1.82, 2.24) is 0 Å². The lowest BCUT2D eigenvalue weighted by molar-refractivity contribution is 0.383. The molecule has 0 spiro atoms. The molecule has 0 N–H and O–H groups in total. The third kappa shape index (κ3) is 6.17. The maximum absolute atomic E-state index is 2.35. The number of allylic oxidation sites excluding steroid dienone is 2. The Kier molecular flexibility index (Phi) is 7.43. The van der Waals surface area contributed by atoms with Crippen LogP contribution in [0, 0.1) is 11.8 Å². The predicted octanol–water partition coefficient (Wildman–Crippen LogP) is 6.58. The summed E-state index contributed by atoms with van der Waals surface area (Å²) in [5.74, 6) is 1.46. The molecule has 1 heteroatoms. The minimum Gasteiger partial charge on any atom is -0.119 e. The van der Waals surface area contributed by atoms with Gasteiger partial charge in [-0.1, -0.05) is 58.0 Å². The maximum Gasteiger partial charge on any atom is 0.0246 e. The van der Waals surface area contributed by atoms with Crippen molar-refractivity contribution in [3.63, 3.8) is 0 Å². The minimum atomic E-state index is 0.330. The van der Waals surface area contributed by atoms with Crippen molar-refractivity contribution in [2.75, 3.05) is 0 Å². The van der Waals surface area contributed by atoms with E-state index >= 15 is 0 Å². The van der Waals surface area contributed by atoms with E-state index in [1.165, 1.54) is 24.2 Å². The Balaban J connectivity index is 2.99. The highest BCUT2D eigenvalue weighted by molar-refractivity contribution is 8.00. The Hall–Kier alpha value is -0.690. The zero-order valence-electron chi connectivity index (χ0n) is 13.7. The summed E-state index contributed by atoms with van der Waals surface area (Å²) in [5.41, 5.74) is 0. The Bertz CT molecular complexity index is 379. The first kappa shape index (κ1) is 17.4. The summed E-state index contributed by atoms with van der Waals surface area (Å²) in [5, 5.41) is 0. The maximum atomic E-state index is 2.35. The van der Waals surface area contributed by atoms with Gasteiger partial charge in [-0.3, -0.25) is 0 Å². The zero-order chi connectivity index (χ0) is 15.0. The molecule has 112 valence electrons. The van der Waals surface area contributed by atoms with Crippen molar-refractivity contribution in [2.45, 2.75) is 63.5 Å². The van der Waals surface area contributed by atoms with E-state index in [1.54, 1.807) is 0 Å². The Labute approximate surface area is 130 Å². The van der Waals surface area contributed by atoms with Crippen LogP contribution in [-0.2, 0) is 0 Å². The molecule has 1 rings (SSSR count). The van der Waals surface area contributed by atoms with Crippen molar-refractivity contribution >= 4 is 11.8 Å². The Morgan fingerprint density at radius 2 is 1.55 bits per heavy atom. The van der Waals surface area contributed by atoms with Gasteiger partial charge < -0.3 is 0 Å². The summed E-state index contributed by atoms with van der Waals surface area (Å²) in [4.78, 5) is 1.40. The number of hydrogen-bond donors (Lipinski definition) is 0. The van der Waals surface area contributed by atoms with Crippen LogP contribution in [0.1, 0.15) is 53.9 Å². The molecule has 1 aromatic rings. The summed E-state index contributed by atoms with van der Waals surface area (Å²) in [6.45, 7) is 11.5. The molecule has 1 aromatic carbocycles. The van der Waals surface area contributed by atoms with E-state index < -0.39 is 0 Å². The molecule has 20 heavy (non-hydrogen) atoms. The Morgan fingerprint density at radius 3 is 2.00 bits per heavy atom. The summed E-state index contributed by atoms with van der Waals surface area (Å²) in [7, 11) is 0. The topological polar surface area (TPSA) is 0 Å². The first-order chi connectivity index (χ1) is 9.47. The SMILES string of the molecule is C/C=C/CC(CC(C)C)(CC(C)C)Sc1ccccc1. The van der Waals surface area contributed by atoms with Crippen LogP contribution in [0.3, 0.4) is 0 Å². The fourth-order valence-electron chi connectivity index (χ4n) is 2.93. The van der Waals surface area contributed by atoms with Crippen LogP contribution in [0.2, 0.25) is 0 Å². The Morgan fingerprint density at radius 1 is 1.00 bits per heavy atom. The van der Waals surface area contributed by atoms with Gasteiger partial charge in [0.15, 0.2) is 0 Å². The molecule has 0 aliphatic heterocycles. The van der Waals surface area contributed by atoms with E-state index in [2.05, 4.69) is 88.9 Å². The van der Waals surface area contributed by atoms with Crippen LogP contribution in [0.15, 0.2) is 47.4 Å². The van der Waals surface area contributed by atoms with Crippen LogP contribution >= 0.6 is 11.8 Å². The van der Waals surface area contributed by atoms with E-state index in [-0.39, 0.29) is 0 Å². The van der Waals surface area contributed by atoms with Crippen molar-refractivity contribution in [1.29, 1.82) is 0 Å². The van der Waals surface area contributed by atoms with Gasteiger partial charge in [-0.25, -0.2) is 0 Å². The number of hydrogen-bond acceptors (Lipinski definition) is 1. The van der Waals surface area contributed by atoms with Gasteiger partial charge in [0.05, 0.1) is 0 Å². The van der Waals surface area contributed by atoms with E-state index in [0.717, 1.165) is 11.8 Å². The molecule has 0 amide bonds. The number of thioether (sulfide) groups is 1. The molecule has 0 atom stereocenters. The van der Waals surface area contributed by atoms with E-state index in [0.29, 0.717) is 4.75 Å². The van der Waals surface area contributed by atoms with Gasteiger partial charge >= 0.3 is 0 Å². The van der Waals surface area contributed by atoms with Crippen LogP contribution < -0.4 is 0 Å². The van der Waals surface area contributed by atoms with E-state index in [4.69, 9.17) is 0 Å². The zero-order valence-corrected chi connectivity index (χ0v) is 14.5. The smallest absolute Gasteiger partial charge is 0.0246 e. The molecular formula is C19H30S. The molecule has 0 aromatic heterocycles. The third-order valence-corrected chi connectivity index (χ3v) is 4.80. The molecule has 0 fully saturated rings. The van der Waals surface area contributed by atoms with Crippen LogP contribution in [0.5, 0.6) is 0 Å². The van der Waals surface area contributed by atoms with Crippen molar-refractivity contribution < 1.29 is 0 Å². The third-order valence-electron chi connectivity index (χ3n) is 3.36. The molecule has 0 radical (unpaired) electrons. The molecule has 0 bridgehead atoms. The van der Waals surface area contributed by atoms with Gasteiger partial charge in [0.1, 0.15) is 0 Å². The largest absolute Gasteiger partial charge is 0.119 e. The van der Waals surface area contributed by atoms with E-state index in [9.17, 15) is 0 Å². The number of benzene rings is 1. The lowest BCUT2D eigenvalue weighted by Crippen LogP contribution is -2.28. The molecule has 0 nitrogen and oxygen atoms in total. The lowest BCUT2D eigenvalue weighted by Gasteiger charge is -2.36. The summed E-state index contributed by atoms with van der Waals surface area (Å²) < 4.78 is 0.330.